The lowest BCUT2D eigenvalue weighted by atomic mass is 10.1. The van der Waals surface area contributed by atoms with Crippen LogP contribution in [0.25, 0.3) is 0 Å². The monoisotopic (exact) mass is 137 g/mol. The fourth-order valence-corrected chi connectivity index (χ4v) is 0.864. The number of hydrogen-bond acceptors (Lipinski definition) is 0. The summed E-state index contributed by atoms with van der Waals surface area (Å²) in [5, 5.41) is 0. The number of unbranched alkanes of at least 4 members (excludes halogenated alkanes) is 4. The van der Waals surface area contributed by atoms with E-state index in [1.54, 1.807) is 6.08 Å². The third-order valence-electron chi connectivity index (χ3n) is 1.47. The summed E-state index contributed by atoms with van der Waals surface area (Å²) in [4.78, 5) is 0. The van der Waals surface area contributed by atoms with Gasteiger partial charge in [0.05, 0.1) is 0 Å². The highest BCUT2D eigenvalue weighted by atomic mass is 13.9. The van der Waals surface area contributed by atoms with Crippen molar-refractivity contribution in [1.82, 2.24) is 0 Å². The molecular weight excluding hydrogens is 120 g/mol. The Hall–Kier alpha value is -0.520. The van der Waals surface area contributed by atoms with E-state index in [9.17, 15) is 0 Å². The first kappa shape index (κ1) is 9.48. The van der Waals surface area contributed by atoms with Crippen molar-refractivity contribution >= 4 is 0 Å². The average molecular weight is 137 g/mol. The van der Waals surface area contributed by atoms with Crippen molar-refractivity contribution in [3.63, 3.8) is 0 Å². The first-order valence-corrected chi connectivity index (χ1v) is 4.12. The molecule has 0 unspecified atom stereocenters. The van der Waals surface area contributed by atoms with E-state index in [2.05, 4.69) is 13.0 Å². The van der Waals surface area contributed by atoms with Gasteiger partial charge in [0, 0.05) is 0 Å². The molecule has 0 N–H and O–H groups in total. The Morgan fingerprint density at radius 1 is 1.20 bits per heavy atom. The molecule has 0 amide bonds. The number of hydrogen-bond donors (Lipinski definition) is 0. The third kappa shape index (κ3) is 7.48. The molecule has 10 heavy (non-hydrogen) atoms. The van der Waals surface area contributed by atoms with Gasteiger partial charge >= 0.3 is 0 Å². The van der Waals surface area contributed by atoms with E-state index in [0.29, 0.717) is 0 Å². The van der Waals surface area contributed by atoms with Crippen molar-refractivity contribution < 1.29 is 0 Å². The van der Waals surface area contributed by atoms with Crippen LogP contribution in [0.4, 0.5) is 0 Å². The smallest absolute Gasteiger partial charge is 0.0348 e. The molecule has 0 aromatic heterocycles. The van der Waals surface area contributed by atoms with Crippen molar-refractivity contribution in [3.05, 3.63) is 24.8 Å². The summed E-state index contributed by atoms with van der Waals surface area (Å²) in [6.07, 6.45) is 12.1. The molecule has 0 nitrogen and oxygen atoms in total. The van der Waals surface area contributed by atoms with Crippen molar-refractivity contribution in [1.29, 1.82) is 0 Å². The summed E-state index contributed by atoms with van der Waals surface area (Å²) in [5.74, 6) is 0. The summed E-state index contributed by atoms with van der Waals surface area (Å²) >= 11 is 0. The van der Waals surface area contributed by atoms with E-state index in [1.165, 1.54) is 32.1 Å². The first-order chi connectivity index (χ1) is 4.91. The highest BCUT2D eigenvalue weighted by Gasteiger charge is 1.82. The fraction of sp³-hybridized carbons (Fsp3) is 0.600. The SMILES string of the molecule is [CH]=CC=CCCCCCC. The Balaban J connectivity index is 2.90. The molecule has 0 aliphatic heterocycles. The van der Waals surface area contributed by atoms with Gasteiger partial charge in [-0.2, -0.15) is 0 Å². The van der Waals surface area contributed by atoms with E-state index in [4.69, 9.17) is 6.58 Å². The Kier molecular flexibility index (Phi) is 8.04. The van der Waals surface area contributed by atoms with E-state index in [0.717, 1.165) is 0 Å². The summed E-state index contributed by atoms with van der Waals surface area (Å²) in [6, 6.07) is 0. The molecular formula is C10H17. The van der Waals surface area contributed by atoms with Gasteiger partial charge in [-0.15, -0.1) is 0 Å². The van der Waals surface area contributed by atoms with Gasteiger partial charge in [0.2, 0.25) is 0 Å². The lowest BCUT2D eigenvalue weighted by molar-refractivity contribution is 0.674. The summed E-state index contributed by atoms with van der Waals surface area (Å²) in [7, 11) is 0. The van der Waals surface area contributed by atoms with Gasteiger partial charge in [-0.25, -0.2) is 0 Å². The molecule has 1 radical (unpaired) electrons. The Bertz CT molecular complexity index is 90.2. The van der Waals surface area contributed by atoms with Crippen molar-refractivity contribution in [2.45, 2.75) is 39.0 Å². The molecule has 0 aliphatic carbocycles. The minimum absolute atomic E-state index is 1.17. The maximum Gasteiger partial charge on any atom is -0.0348 e. The van der Waals surface area contributed by atoms with Gasteiger partial charge in [-0.05, 0) is 12.8 Å². The molecule has 57 valence electrons. The van der Waals surface area contributed by atoms with Crippen LogP contribution in [-0.4, -0.2) is 0 Å². The van der Waals surface area contributed by atoms with Crippen LogP contribution in [-0.2, 0) is 0 Å². The molecule has 0 aliphatic rings. The van der Waals surface area contributed by atoms with Crippen LogP contribution in [0.5, 0.6) is 0 Å². The van der Waals surface area contributed by atoms with Crippen LogP contribution in [0.3, 0.4) is 0 Å². The third-order valence-corrected chi connectivity index (χ3v) is 1.47. The highest BCUT2D eigenvalue weighted by molar-refractivity contribution is 4.95. The maximum atomic E-state index is 5.16. The summed E-state index contributed by atoms with van der Waals surface area (Å²) < 4.78 is 0. The van der Waals surface area contributed by atoms with E-state index >= 15 is 0 Å². The van der Waals surface area contributed by atoms with Gasteiger partial charge < -0.3 is 0 Å². The van der Waals surface area contributed by atoms with Crippen LogP contribution in [0.15, 0.2) is 18.2 Å². The standard InChI is InChI=1S/C10H17/c1-3-5-7-9-10-8-6-4-2/h1,3,5,7H,4,6,8-10H2,2H3. The largest absolute Gasteiger partial charge is 0.0845 e. The van der Waals surface area contributed by atoms with Crippen LogP contribution in [0.2, 0.25) is 0 Å². The van der Waals surface area contributed by atoms with Gasteiger partial charge in [-0.1, -0.05) is 51.0 Å². The van der Waals surface area contributed by atoms with Crippen LogP contribution in [0.1, 0.15) is 39.0 Å². The second-order valence-corrected chi connectivity index (χ2v) is 2.47. The molecule has 0 rings (SSSR count). The quantitative estimate of drug-likeness (QED) is 0.388. The molecule has 0 saturated carbocycles. The fourth-order valence-electron chi connectivity index (χ4n) is 0.864. The van der Waals surface area contributed by atoms with E-state index < -0.39 is 0 Å². The molecule has 0 heterocycles. The second kappa shape index (κ2) is 8.48. The molecule has 0 heteroatoms. The van der Waals surface area contributed by atoms with Crippen molar-refractivity contribution in [2.24, 2.45) is 0 Å². The maximum absolute atomic E-state index is 5.16. The van der Waals surface area contributed by atoms with Crippen molar-refractivity contribution in [3.8, 4) is 0 Å². The molecule has 0 aromatic carbocycles. The lowest BCUT2D eigenvalue weighted by Gasteiger charge is -1.92. The summed E-state index contributed by atoms with van der Waals surface area (Å²) in [6.45, 7) is 7.38. The molecule has 0 aromatic rings. The van der Waals surface area contributed by atoms with Crippen LogP contribution < -0.4 is 0 Å². The molecule has 0 saturated heterocycles. The number of allylic oxidation sites excluding steroid dienone is 3. The first-order valence-electron chi connectivity index (χ1n) is 4.12. The zero-order valence-corrected chi connectivity index (χ0v) is 6.84. The molecule has 0 atom stereocenters. The van der Waals surface area contributed by atoms with Gasteiger partial charge in [0.1, 0.15) is 0 Å². The topological polar surface area (TPSA) is 0 Å². The predicted octanol–water partition coefficient (Wildman–Crippen LogP) is 3.50. The van der Waals surface area contributed by atoms with Crippen molar-refractivity contribution in [2.75, 3.05) is 0 Å². The molecule has 0 bridgehead atoms. The van der Waals surface area contributed by atoms with E-state index in [-0.39, 0.29) is 0 Å². The molecule has 0 fully saturated rings. The minimum atomic E-state index is 1.17. The number of rotatable bonds is 6. The zero-order valence-electron chi connectivity index (χ0n) is 6.84. The second-order valence-electron chi connectivity index (χ2n) is 2.47. The Morgan fingerprint density at radius 2 is 2.00 bits per heavy atom. The average Bonchev–Trinajstić information content (AvgIpc) is 1.97. The minimum Gasteiger partial charge on any atom is -0.0845 e. The van der Waals surface area contributed by atoms with Gasteiger partial charge in [0.15, 0.2) is 0 Å². The summed E-state index contributed by atoms with van der Waals surface area (Å²) in [5.41, 5.74) is 0. The van der Waals surface area contributed by atoms with Gasteiger partial charge in [0.25, 0.3) is 0 Å². The normalized spacial score (nSPS) is 10.5. The lowest BCUT2D eigenvalue weighted by Crippen LogP contribution is -1.72. The van der Waals surface area contributed by atoms with Gasteiger partial charge in [-0.3, -0.25) is 0 Å². The Morgan fingerprint density at radius 3 is 2.60 bits per heavy atom. The molecule has 0 spiro atoms. The van der Waals surface area contributed by atoms with E-state index in [1.807, 2.05) is 6.08 Å². The Labute approximate surface area is 64.6 Å². The van der Waals surface area contributed by atoms with Crippen LogP contribution >= 0.6 is 0 Å². The predicted molar refractivity (Wildman–Crippen MR) is 46.8 cm³/mol. The zero-order chi connectivity index (χ0) is 7.66. The highest BCUT2D eigenvalue weighted by Crippen LogP contribution is 2.02. The van der Waals surface area contributed by atoms with Crippen LogP contribution in [0, 0.1) is 6.58 Å².